The standard InChI is InChI=1S/C13H16N2O4/c1-18-8-11(16)7-15-13(17)9-19-12-5-3-2-4-10(12)6-14/h2-5,11,16H,7-9H2,1H3,(H,15,17). The van der Waals surface area contributed by atoms with Crippen LogP contribution in [0.5, 0.6) is 5.75 Å². The topological polar surface area (TPSA) is 91.6 Å². The highest BCUT2D eigenvalue weighted by atomic mass is 16.5. The number of ether oxygens (including phenoxy) is 2. The van der Waals surface area contributed by atoms with Gasteiger partial charge in [0.1, 0.15) is 11.8 Å². The zero-order valence-electron chi connectivity index (χ0n) is 10.6. The van der Waals surface area contributed by atoms with Crippen LogP contribution < -0.4 is 10.1 Å². The number of aliphatic hydroxyl groups is 1. The summed E-state index contributed by atoms with van der Waals surface area (Å²) in [6, 6.07) is 8.63. The zero-order valence-corrected chi connectivity index (χ0v) is 10.6. The molecule has 0 radical (unpaired) electrons. The van der Waals surface area contributed by atoms with E-state index < -0.39 is 6.10 Å². The molecule has 1 aromatic carbocycles. The minimum absolute atomic E-state index is 0.0932. The van der Waals surface area contributed by atoms with Crippen molar-refractivity contribution in [1.29, 1.82) is 5.26 Å². The summed E-state index contributed by atoms with van der Waals surface area (Å²) in [6.07, 6.45) is -0.750. The minimum atomic E-state index is -0.750. The number of nitrogens with one attached hydrogen (secondary N) is 1. The van der Waals surface area contributed by atoms with Crippen molar-refractivity contribution in [3.05, 3.63) is 29.8 Å². The van der Waals surface area contributed by atoms with Gasteiger partial charge in [0.05, 0.1) is 18.3 Å². The highest BCUT2D eigenvalue weighted by Crippen LogP contribution is 2.15. The lowest BCUT2D eigenvalue weighted by Gasteiger charge is -2.11. The molecule has 19 heavy (non-hydrogen) atoms. The predicted octanol–water partition coefficient (Wildman–Crippen LogP) is 0.0606. The molecule has 1 aromatic rings. The van der Waals surface area contributed by atoms with Crippen LogP contribution in [-0.4, -0.2) is 44.0 Å². The Labute approximate surface area is 111 Å². The Morgan fingerprint density at radius 2 is 2.26 bits per heavy atom. The fraction of sp³-hybridized carbons (Fsp3) is 0.385. The number of amides is 1. The summed E-state index contributed by atoms with van der Waals surface area (Å²) in [5.41, 5.74) is 0.370. The van der Waals surface area contributed by atoms with Gasteiger partial charge in [-0.1, -0.05) is 12.1 Å². The van der Waals surface area contributed by atoms with E-state index in [2.05, 4.69) is 5.32 Å². The van der Waals surface area contributed by atoms with Crippen molar-refractivity contribution in [3.63, 3.8) is 0 Å². The first kappa shape index (κ1) is 15.0. The first-order valence-electron chi connectivity index (χ1n) is 5.73. The van der Waals surface area contributed by atoms with Crippen LogP contribution in [0.1, 0.15) is 5.56 Å². The Kier molecular flexibility index (Phi) is 6.36. The molecule has 0 heterocycles. The van der Waals surface area contributed by atoms with E-state index in [1.54, 1.807) is 24.3 Å². The first-order valence-corrected chi connectivity index (χ1v) is 5.73. The number of nitriles is 1. The largest absolute Gasteiger partial charge is 0.482 e. The van der Waals surface area contributed by atoms with Crippen LogP contribution in [0.15, 0.2) is 24.3 Å². The summed E-state index contributed by atoms with van der Waals surface area (Å²) in [4.78, 5) is 11.5. The third kappa shape index (κ3) is 5.38. The molecule has 0 aliphatic rings. The molecule has 0 saturated carbocycles. The number of hydrogen-bond donors (Lipinski definition) is 2. The molecule has 6 nitrogen and oxygen atoms in total. The van der Waals surface area contributed by atoms with Gasteiger partial charge < -0.3 is 19.9 Å². The molecule has 0 aliphatic carbocycles. The smallest absolute Gasteiger partial charge is 0.258 e. The molecule has 0 fully saturated rings. The normalized spacial score (nSPS) is 11.4. The lowest BCUT2D eigenvalue weighted by Crippen LogP contribution is -2.37. The Balaban J connectivity index is 2.36. The van der Waals surface area contributed by atoms with Gasteiger partial charge in [-0.3, -0.25) is 4.79 Å². The van der Waals surface area contributed by atoms with Crippen molar-refractivity contribution in [2.45, 2.75) is 6.10 Å². The molecule has 1 unspecified atom stereocenters. The highest BCUT2D eigenvalue weighted by Gasteiger charge is 2.08. The lowest BCUT2D eigenvalue weighted by molar-refractivity contribution is -0.123. The van der Waals surface area contributed by atoms with Gasteiger partial charge in [0.25, 0.3) is 5.91 Å². The van der Waals surface area contributed by atoms with Crippen molar-refractivity contribution in [1.82, 2.24) is 5.32 Å². The van der Waals surface area contributed by atoms with Crippen LogP contribution in [-0.2, 0) is 9.53 Å². The van der Waals surface area contributed by atoms with Crippen LogP contribution in [0, 0.1) is 11.3 Å². The molecular formula is C13H16N2O4. The van der Waals surface area contributed by atoms with Gasteiger partial charge in [-0.2, -0.15) is 5.26 Å². The van der Waals surface area contributed by atoms with Crippen molar-refractivity contribution < 1.29 is 19.4 Å². The molecule has 102 valence electrons. The molecule has 0 aromatic heterocycles. The second-order valence-corrected chi connectivity index (χ2v) is 3.81. The fourth-order valence-corrected chi connectivity index (χ4v) is 1.36. The second-order valence-electron chi connectivity index (χ2n) is 3.81. The Hall–Kier alpha value is -2.10. The summed E-state index contributed by atoms with van der Waals surface area (Å²) in [5.74, 6) is -0.0134. The van der Waals surface area contributed by atoms with Crippen molar-refractivity contribution in [2.75, 3.05) is 26.9 Å². The van der Waals surface area contributed by atoms with Gasteiger partial charge in [0, 0.05) is 13.7 Å². The van der Waals surface area contributed by atoms with Crippen LogP contribution in [0.2, 0.25) is 0 Å². The SMILES string of the molecule is COCC(O)CNC(=O)COc1ccccc1C#N. The maximum absolute atomic E-state index is 11.5. The number of carbonyl (C=O) groups is 1. The number of aliphatic hydroxyl groups excluding tert-OH is 1. The molecule has 6 heteroatoms. The number of methoxy groups -OCH3 is 1. The molecule has 0 aliphatic heterocycles. The van der Waals surface area contributed by atoms with Gasteiger partial charge >= 0.3 is 0 Å². The number of benzene rings is 1. The monoisotopic (exact) mass is 264 g/mol. The maximum atomic E-state index is 11.5. The number of hydrogen-bond acceptors (Lipinski definition) is 5. The Morgan fingerprint density at radius 1 is 1.53 bits per heavy atom. The van der Waals surface area contributed by atoms with Gasteiger partial charge in [-0.05, 0) is 12.1 Å². The van der Waals surface area contributed by atoms with Gasteiger partial charge in [0.2, 0.25) is 0 Å². The number of rotatable bonds is 7. The van der Waals surface area contributed by atoms with Crippen molar-refractivity contribution in [3.8, 4) is 11.8 Å². The van der Waals surface area contributed by atoms with Crippen LogP contribution >= 0.6 is 0 Å². The van der Waals surface area contributed by atoms with Crippen LogP contribution in [0.4, 0.5) is 0 Å². The van der Waals surface area contributed by atoms with Gasteiger partial charge in [-0.15, -0.1) is 0 Å². The van der Waals surface area contributed by atoms with E-state index in [1.165, 1.54) is 7.11 Å². The Morgan fingerprint density at radius 3 is 2.95 bits per heavy atom. The summed E-state index contributed by atoms with van der Waals surface area (Å²) in [6.45, 7) is 0.0345. The molecular weight excluding hydrogens is 248 g/mol. The van der Waals surface area contributed by atoms with Crippen molar-refractivity contribution >= 4 is 5.91 Å². The number of nitrogens with zero attached hydrogens (tertiary/aromatic N) is 1. The molecule has 2 N–H and O–H groups in total. The summed E-state index contributed by atoms with van der Waals surface area (Å²) >= 11 is 0. The van der Waals surface area contributed by atoms with E-state index in [4.69, 9.17) is 14.7 Å². The molecule has 0 bridgehead atoms. The van der Waals surface area contributed by atoms with E-state index in [1.807, 2.05) is 6.07 Å². The van der Waals surface area contributed by atoms with E-state index in [-0.39, 0.29) is 25.7 Å². The van der Waals surface area contributed by atoms with E-state index in [0.29, 0.717) is 11.3 Å². The lowest BCUT2D eigenvalue weighted by atomic mass is 10.2. The number of carbonyl (C=O) groups excluding carboxylic acids is 1. The third-order valence-corrected chi connectivity index (χ3v) is 2.26. The number of para-hydroxylation sites is 1. The summed E-state index contributed by atoms with van der Waals surface area (Å²) in [7, 11) is 1.47. The average molecular weight is 264 g/mol. The average Bonchev–Trinajstić information content (AvgIpc) is 2.43. The van der Waals surface area contributed by atoms with E-state index in [9.17, 15) is 9.90 Å². The molecule has 1 rings (SSSR count). The van der Waals surface area contributed by atoms with E-state index >= 15 is 0 Å². The predicted molar refractivity (Wildman–Crippen MR) is 67.5 cm³/mol. The van der Waals surface area contributed by atoms with Gasteiger partial charge in [-0.25, -0.2) is 0 Å². The third-order valence-electron chi connectivity index (χ3n) is 2.26. The van der Waals surface area contributed by atoms with Gasteiger partial charge in [0.15, 0.2) is 6.61 Å². The molecule has 1 atom stereocenters. The fourth-order valence-electron chi connectivity index (χ4n) is 1.36. The van der Waals surface area contributed by atoms with Crippen LogP contribution in [0.25, 0.3) is 0 Å². The summed E-state index contributed by atoms with van der Waals surface area (Å²) in [5, 5.41) is 20.7. The van der Waals surface area contributed by atoms with E-state index in [0.717, 1.165) is 0 Å². The summed E-state index contributed by atoms with van der Waals surface area (Å²) < 4.78 is 9.96. The minimum Gasteiger partial charge on any atom is -0.482 e. The molecule has 0 spiro atoms. The molecule has 0 saturated heterocycles. The van der Waals surface area contributed by atoms with Crippen LogP contribution in [0.3, 0.4) is 0 Å². The zero-order chi connectivity index (χ0) is 14.1. The quantitative estimate of drug-likeness (QED) is 0.726. The maximum Gasteiger partial charge on any atom is 0.258 e. The molecule has 1 amide bonds. The van der Waals surface area contributed by atoms with Crippen molar-refractivity contribution in [2.24, 2.45) is 0 Å². The first-order chi connectivity index (χ1) is 9.17. The Bertz CT molecular complexity index is 456. The second kappa shape index (κ2) is 8.08. The highest BCUT2D eigenvalue weighted by molar-refractivity contribution is 5.77.